The lowest BCUT2D eigenvalue weighted by Gasteiger charge is -2.25. The molecule has 0 amide bonds. The first-order valence-corrected chi connectivity index (χ1v) is 3.61. The van der Waals surface area contributed by atoms with E-state index in [-0.39, 0.29) is 17.6 Å². The molecule has 0 aromatic rings. The highest BCUT2D eigenvalue weighted by atomic mass is 16.8. The highest BCUT2D eigenvalue weighted by molar-refractivity contribution is 5.62. The zero-order chi connectivity index (χ0) is 8.65. The van der Waals surface area contributed by atoms with Crippen LogP contribution < -0.4 is 0 Å². The molecule has 0 aliphatic carbocycles. The molecule has 1 heterocycles. The fraction of sp³-hybridized carbons (Fsp3) is 0.750. The Morgan fingerprint density at radius 1 is 1.36 bits per heavy atom. The summed E-state index contributed by atoms with van der Waals surface area (Å²) in [5.74, 6) is 0. The molecule has 2 atom stereocenters. The number of carbonyl (C=O) groups is 1. The summed E-state index contributed by atoms with van der Waals surface area (Å²) in [7, 11) is 0. The minimum absolute atomic E-state index is 0.0986. The predicted molar refractivity (Wildman–Crippen MR) is 40.0 cm³/mol. The molecular weight excluding hydrogens is 144 g/mol. The Balaban J connectivity index is 2.67. The summed E-state index contributed by atoms with van der Waals surface area (Å²) in [5.41, 5.74) is -0.0986. The van der Waals surface area contributed by atoms with Crippen molar-refractivity contribution in [3.63, 3.8) is 0 Å². The quantitative estimate of drug-likeness (QED) is 0.503. The average Bonchev–Trinajstić information content (AvgIpc) is 2.08. The molecule has 11 heavy (non-hydrogen) atoms. The maximum absolute atomic E-state index is 10.6. The molecule has 1 rings (SSSR count). The largest absolute Gasteiger partial charge is 0.509 e. The SMILES string of the molecule is [CH2]C1OC(=O)OC1C(C)(C)C. The first kappa shape index (κ1) is 8.37. The van der Waals surface area contributed by atoms with Gasteiger partial charge in [-0.25, -0.2) is 4.79 Å². The molecule has 3 nitrogen and oxygen atoms in total. The minimum atomic E-state index is -0.607. The topological polar surface area (TPSA) is 35.5 Å². The van der Waals surface area contributed by atoms with Gasteiger partial charge in [0.25, 0.3) is 0 Å². The van der Waals surface area contributed by atoms with Crippen LogP contribution in [0.2, 0.25) is 0 Å². The number of hydrogen-bond acceptors (Lipinski definition) is 3. The number of rotatable bonds is 0. The summed E-state index contributed by atoms with van der Waals surface area (Å²) >= 11 is 0. The fourth-order valence-corrected chi connectivity index (χ4v) is 1.13. The van der Waals surface area contributed by atoms with Crippen molar-refractivity contribution in [3.8, 4) is 0 Å². The highest BCUT2D eigenvalue weighted by Gasteiger charge is 2.41. The van der Waals surface area contributed by atoms with Crippen molar-refractivity contribution in [1.29, 1.82) is 0 Å². The normalized spacial score (nSPS) is 31.5. The van der Waals surface area contributed by atoms with Crippen LogP contribution in [0.4, 0.5) is 4.79 Å². The molecule has 1 aliphatic heterocycles. The van der Waals surface area contributed by atoms with E-state index in [2.05, 4.69) is 6.92 Å². The molecule has 0 spiro atoms. The van der Waals surface area contributed by atoms with Gasteiger partial charge in [0.2, 0.25) is 0 Å². The molecule has 3 heteroatoms. The van der Waals surface area contributed by atoms with Gasteiger partial charge in [-0.15, -0.1) is 0 Å². The number of ether oxygens (including phenoxy) is 2. The second-order valence-electron chi connectivity index (χ2n) is 3.81. The first-order valence-electron chi connectivity index (χ1n) is 3.61. The Bertz CT molecular complexity index is 169. The second kappa shape index (κ2) is 2.40. The van der Waals surface area contributed by atoms with Gasteiger partial charge in [-0.1, -0.05) is 20.8 Å². The van der Waals surface area contributed by atoms with Crippen molar-refractivity contribution in [2.24, 2.45) is 5.41 Å². The zero-order valence-electron chi connectivity index (χ0n) is 7.09. The smallest absolute Gasteiger partial charge is 0.427 e. The van der Waals surface area contributed by atoms with Gasteiger partial charge in [-0.2, -0.15) is 0 Å². The molecule has 63 valence electrons. The molecule has 0 saturated carbocycles. The van der Waals surface area contributed by atoms with E-state index < -0.39 is 6.16 Å². The van der Waals surface area contributed by atoms with Crippen molar-refractivity contribution in [2.45, 2.75) is 33.0 Å². The minimum Gasteiger partial charge on any atom is -0.427 e. The molecule has 1 saturated heterocycles. The summed E-state index contributed by atoms with van der Waals surface area (Å²) in [6, 6.07) is 0. The Kier molecular flexibility index (Phi) is 1.82. The van der Waals surface area contributed by atoms with Crippen LogP contribution in [0.1, 0.15) is 20.8 Å². The van der Waals surface area contributed by atoms with E-state index in [1.165, 1.54) is 0 Å². The van der Waals surface area contributed by atoms with Gasteiger partial charge in [-0.3, -0.25) is 0 Å². The lowest BCUT2D eigenvalue weighted by molar-refractivity contribution is 0.0622. The van der Waals surface area contributed by atoms with Crippen LogP contribution in [0.25, 0.3) is 0 Å². The lowest BCUT2D eigenvalue weighted by Crippen LogP contribution is -2.33. The molecule has 1 fully saturated rings. The summed E-state index contributed by atoms with van der Waals surface area (Å²) in [6.07, 6.45) is -1.21. The molecule has 0 aromatic carbocycles. The Hall–Kier alpha value is -0.730. The van der Waals surface area contributed by atoms with Crippen LogP contribution >= 0.6 is 0 Å². The summed E-state index contributed by atoms with van der Waals surface area (Å²) in [4.78, 5) is 10.6. The Morgan fingerprint density at radius 2 is 1.91 bits per heavy atom. The Labute approximate surface area is 66.7 Å². The highest BCUT2D eigenvalue weighted by Crippen LogP contribution is 2.30. The van der Waals surface area contributed by atoms with Crippen LogP contribution in [0.3, 0.4) is 0 Å². The number of carbonyl (C=O) groups excluding carboxylic acids is 1. The average molecular weight is 157 g/mol. The van der Waals surface area contributed by atoms with E-state index >= 15 is 0 Å². The molecular formula is C8H13O3. The predicted octanol–water partition coefficient (Wildman–Crippen LogP) is 1.77. The molecule has 0 aromatic heterocycles. The molecule has 1 radical (unpaired) electrons. The summed E-state index contributed by atoms with van der Waals surface area (Å²) in [5, 5.41) is 0. The van der Waals surface area contributed by atoms with E-state index in [1.807, 2.05) is 20.8 Å². The van der Waals surface area contributed by atoms with Crippen molar-refractivity contribution >= 4 is 6.16 Å². The molecule has 1 aliphatic rings. The summed E-state index contributed by atoms with van der Waals surface area (Å²) < 4.78 is 9.64. The molecule has 2 unspecified atom stereocenters. The van der Waals surface area contributed by atoms with Crippen LogP contribution in [0.15, 0.2) is 0 Å². The van der Waals surface area contributed by atoms with E-state index in [0.717, 1.165) is 0 Å². The van der Waals surface area contributed by atoms with E-state index in [1.54, 1.807) is 0 Å². The standard InChI is InChI=1S/C8H13O3/c1-5-6(8(2,3)4)11-7(9)10-5/h5-6H,1H2,2-4H3. The third kappa shape index (κ3) is 1.64. The van der Waals surface area contributed by atoms with E-state index in [0.29, 0.717) is 0 Å². The number of hydrogen-bond donors (Lipinski definition) is 0. The van der Waals surface area contributed by atoms with Gasteiger partial charge < -0.3 is 9.47 Å². The van der Waals surface area contributed by atoms with Crippen LogP contribution in [0.5, 0.6) is 0 Å². The second-order valence-corrected chi connectivity index (χ2v) is 3.81. The summed E-state index contributed by atoms with van der Waals surface area (Å²) in [6.45, 7) is 9.62. The van der Waals surface area contributed by atoms with E-state index in [4.69, 9.17) is 9.47 Å². The third-order valence-corrected chi connectivity index (χ3v) is 1.66. The van der Waals surface area contributed by atoms with Crippen LogP contribution in [-0.4, -0.2) is 18.4 Å². The van der Waals surface area contributed by atoms with Crippen LogP contribution in [0, 0.1) is 12.3 Å². The first-order chi connectivity index (χ1) is 4.91. The van der Waals surface area contributed by atoms with Crippen LogP contribution in [-0.2, 0) is 9.47 Å². The van der Waals surface area contributed by atoms with Gasteiger partial charge in [0.15, 0.2) is 0 Å². The third-order valence-electron chi connectivity index (χ3n) is 1.66. The van der Waals surface area contributed by atoms with Gasteiger partial charge in [0.05, 0.1) is 0 Å². The van der Waals surface area contributed by atoms with Gasteiger partial charge in [-0.05, 0) is 6.92 Å². The maximum atomic E-state index is 10.6. The maximum Gasteiger partial charge on any atom is 0.509 e. The number of cyclic esters (lactones) is 2. The zero-order valence-corrected chi connectivity index (χ0v) is 7.09. The van der Waals surface area contributed by atoms with Gasteiger partial charge in [0, 0.05) is 5.41 Å². The van der Waals surface area contributed by atoms with Crippen molar-refractivity contribution in [1.82, 2.24) is 0 Å². The van der Waals surface area contributed by atoms with Crippen molar-refractivity contribution < 1.29 is 14.3 Å². The van der Waals surface area contributed by atoms with Crippen molar-refractivity contribution in [3.05, 3.63) is 6.92 Å². The lowest BCUT2D eigenvalue weighted by atomic mass is 9.86. The molecule has 0 bridgehead atoms. The Morgan fingerprint density at radius 3 is 2.09 bits per heavy atom. The van der Waals surface area contributed by atoms with Gasteiger partial charge >= 0.3 is 6.16 Å². The fourth-order valence-electron chi connectivity index (χ4n) is 1.13. The van der Waals surface area contributed by atoms with Crippen molar-refractivity contribution in [2.75, 3.05) is 0 Å². The van der Waals surface area contributed by atoms with Gasteiger partial charge in [0.1, 0.15) is 12.2 Å². The van der Waals surface area contributed by atoms with E-state index in [9.17, 15) is 4.79 Å². The molecule has 0 N–H and O–H groups in total. The monoisotopic (exact) mass is 157 g/mol.